The third-order valence-corrected chi connectivity index (χ3v) is 3.25. The average molecular weight is 224 g/mol. The highest BCUT2D eigenvalue weighted by molar-refractivity contribution is 5.97. The molecule has 2 aliphatic heterocycles. The van der Waals surface area contributed by atoms with E-state index in [1.807, 2.05) is 4.90 Å². The zero-order valence-electron chi connectivity index (χ0n) is 9.44. The molecule has 0 aliphatic carbocycles. The summed E-state index contributed by atoms with van der Waals surface area (Å²) in [5, 5.41) is 0. The fourth-order valence-corrected chi connectivity index (χ4v) is 2.42. The molecule has 0 spiro atoms. The molecular weight excluding hydrogens is 208 g/mol. The molecule has 2 saturated heterocycles. The van der Waals surface area contributed by atoms with Crippen molar-refractivity contribution in [2.24, 2.45) is 0 Å². The second kappa shape index (κ2) is 4.23. The van der Waals surface area contributed by atoms with E-state index in [1.165, 1.54) is 6.92 Å². The first-order chi connectivity index (χ1) is 7.58. The van der Waals surface area contributed by atoms with Gasteiger partial charge in [0, 0.05) is 32.1 Å². The minimum atomic E-state index is -0.105. The predicted octanol–water partition coefficient (Wildman–Crippen LogP) is -0.201. The first-order valence-corrected chi connectivity index (χ1v) is 5.64. The molecule has 5 heteroatoms. The Kier molecular flexibility index (Phi) is 2.94. The van der Waals surface area contributed by atoms with Crippen LogP contribution in [0.1, 0.15) is 26.2 Å². The van der Waals surface area contributed by atoms with Gasteiger partial charge in [-0.15, -0.1) is 0 Å². The van der Waals surface area contributed by atoms with Gasteiger partial charge in [-0.25, -0.2) is 0 Å². The van der Waals surface area contributed by atoms with Crippen molar-refractivity contribution in [3.8, 4) is 0 Å². The SMILES string of the molecule is CC(=O)CC(=O)N1CCN2C(=O)CCC2C1. The molecule has 0 aromatic heterocycles. The summed E-state index contributed by atoms with van der Waals surface area (Å²) >= 11 is 0. The van der Waals surface area contributed by atoms with Crippen molar-refractivity contribution in [1.29, 1.82) is 0 Å². The maximum absolute atomic E-state index is 11.7. The van der Waals surface area contributed by atoms with Gasteiger partial charge < -0.3 is 9.80 Å². The molecule has 2 amide bonds. The molecule has 1 unspecified atom stereocenters. The average Bonchev–Trinajstić information content (AvgIpc) is 2.59. The zero-order chi connectivity index (χ0) is 11.7. The van der Waals surface area contributed by atoms with Crippen molar-refractivity contribution in [2.75, 3.05) is 19.6 Å². The number of Topliss-reactive ketones (excluding diaryl/α,β-unsaturated/α-hetero) is 1. The van der Waals surface area contributed by atoms with Gasteiger partial charge in [0.05, 0.1) is 6.42 Å². The third-order valence-electron chi connectivity index (χ3n) is 3.25. The zero-order valence-corrected chi connectivity index (χ0v) is 9.44. The Balaban J connectivity index is 1.94. The van der Waals surface area contributed by atoms with Crippen molar-refractivity contribution in [2.45, 2.75) is 32.2 Å². The summed E-state index contributed by atoms with van der Waals surface area (Å²) in [7, 11) is 0. The van der Waals surface area contributed by atoms with E-state index in [9.17, 15) is 14.4 Å². The number of carbonyl (C=O) groups is 3. The van der Waals surface area contributed by atoms with Gasteiger partial charge >= 0.3 is 0 Å². The lowest BCUT2D eigenvalue weighted by Gasteiger charge is -2.37. The van der Waals surface area contributed by atoms with Crippen LogP contribution >= 0.6 is 0 Å². The highest BCUT2D eigenvalue weighted by Crippen LogP contribution is 2.22. The van der Waals surface area contributed by atoms with Crippen LogP contribution in [0.15, 0.2) is 0 Å². The lowest BCUT2D eigenvalue weighted by molar-refractivity contribution is -0.141. The number of hydrogen-bond donors (Lipinski definition) is 0. The summed E-state index contributed by atoms with van der Waals surface area (Å²) in [5.74, 6) is -0.00917. The molecule has 0 bridgehead atoms. The minimum absolute atomic E-state index is 0.0132. The molecule has 0 N–H and O–H groups in total. The molecule has 88 valence electrons. The van der Waals surface area contributed by atoms with E-state index in [2.05, 4.69) is 0 Å². The number of rotatable bonds is 2. The second-order valence-electron chi connectivity index (χ2n) is 4.50. The van der Waals surface area contributed by atoms with Gasteiger partial charge in [0.2, 0.25) is 11.8 Å². The number of ketones is 1. The summed E-state index contributed by atoms with van der Waals surface area (Å²) < 4.78 is 0. The fraction of sp³-hybridized carbons (Fsp3) is 0.727. The van der Waals surface area contributed by atoms with E-state index < -0.39 is 0 Å². The molecule has 2 heterocycles. The van der Waals surface area contributed by atoms with Crippen LogP contribution in [0.5, 0.6) is 0 Å². The molecule has 16 heavy (non-hydrogen) atoms. The maximum atomic E-state index is 11.7. The third kappa shape index (κ3) is 2.08. The van der Waals surface area contributed by atoms with E-state index in [1.54, 1.807) is 4.90 Å². The normalized spacial score (nSPS) is 24.6. The Hall–Kier alpha value is -1.39. The quantitative estimate of drug-likeness (QED) is 0.610. The van der Waals surface area contributed by atoms with Gasteiger partial charge in [-0.1, -0.05) is 0 Å². The number of carbonyl (C=O) groups excluding carboxylic acids is 3. The first kappa shape index (κ1) is 11.1. The summed E-state index contributed by atoms with van der Waals surface area (Å²) in [6.07, 6.45) is 1.42. The van der Waals surface area contributed by atoms with Gasteiger partial charge in [-0.05, 0) is 13.3 Å². The molecular formula is C11H16N2O3. The Bertz CT molecular complexity index is 340. The van der Waals surface area contributed by atoms with Crippen molar-refractivity contribution in [3.63, 3.8) is 0 Å². The summed E-state index contributed by atoms with van der Waals surface area (Å²) in [5.41, 5.74) is 0. The molecule has 0 aromatic rings. The molecule has 2 fully saturated rings. The van der Waals surface area contributed by atoms with E-state index >= 15 is 0 Å². The van der Waals surface area contributed by atoms with Gasteiger partial charge in [0.25, 0.3) is 0 Å². The number of amides is 2. The molecule has 0 saturated carbocycles. The molecule has 2 rings (SSSR count). The van der Waals surface area contributed by atoms with Crippen LogP contribution in [0.25, 0.3) is 0 Å². The monoisotopic (exact) mass is 224 g/mol. The van der Waals surface area contributed by atoms with E-state index in [-0.39, 0.29) is 30.1 Å². The van der Waals surface area contributed by atoms with Gasteiger partial charge in [0.1, 0.15) is 5.78 Å². The van der Waals surface area contributed by atoms with Crippen LogP contribution < -0.4 is 0 Å². The largest absolute Gasteiger partial charge is 0.338 e. The minimum Gasteiger partial charge on any atom is -0.338 e. The number of hydrogen-bond acceptors (Lipinski definition) is 3. The van der Waals surface area contributed by atoms with E-state index in [0.29, 0.717) is 26.1 Å². The maximum Gasteiger partial charge on any atom is 0.230 e. The van der Waals surface area contributed by atoms with Gasteiger partial charge in [-0.3, -0.25) is 14.4 Å². The molecule has 2 aliphatic rings. The van der Waals surface area contributed by atoms with Gasteiger partial charge in [-0.2, -0.15) is 0 Å². The second-order valence-corrected chi connectivity index (χ2v) is 4.50. The smallest absolute Gasteiger partial charge is 0.230 e. The molecule has 0 aromatic carbocycles. The van der Waals surface area contributed by atoms with E-state index in [0.717, 1.165) is 6.42 Å². The number of fused-ring (bicyclic) bond motifs is 1. The number of nitrogens with zero attached hydrogens (tertiary/aromatic N) is 2. The summed E-state index contributed by atoms with van der Waals surface area (Å²) in [6.45, 7) is 3.20. The Morgan fingerprint density at radius 1 is 1.38 bits per heavy atom. The van der Waals surface area contributed by atoms with Crippen molar-refractivity contribution < 1.29 is 14.4 Å². The predicted molar refractivity (Wildman–Crippen MR) is 56.6 cm³/mol. The topological polar surface area (TPSA) is 57.7 Å². The van der Waals surface area contributed by atoms with Crippen LogP contribution in [-0.4, -0.2) is 53.1 Å². The lowest BCUT2D eigenvalue weighted by atomic mass is 10.1. The molecule has 5 nitrogen and oxygen atoms in total. The highest BCUT2D eigenvalue weighted by atomic mass is 16.2. The standard InChI is InChI=1S/C11H16N2O3/c1-8(14)6-11(16)12-4-5-13-9(7-12)2-3-10(13)15/h9H,2-7H2,1H3. The lowest BCUT2D eigenvalue weighted by Crippen LogP contribution is -2.53. The summed E-state index contributed by atoms with van der Waals surface area (Å²) in [4.78, 5) is 37.5. The number of piperazine rings is 1. The summed E-state index contributed by atoms with van der Waals surface area (Å²) in [6, 6.07) is 0.178. The molecule has 0 radical (unpaired) electrons. The van der Waals surface area contributed by atoms with Crippen LogP contribution in [0.4, 0.5) is 0 Å². The van der Waals surface area contributed by atoms with Crippen LogP contribution in [0, 0.1) is 0 Å². The van der Waals surface area contributed by atoms with Crippen molar-refractivity contribution in [1.82, 2.24) is 9.80 Å². The Morgan fingerprint density at radius 3 is 2.81 bits per heavy atom. The van der Waals surface area contributed by atoms with Crippen LogP contribution in [0.2, 0.25) is 0 Å². The van der Waals surface area contributed by atoms with E-state index in [4.69, 9.17) is 0 Å². The molecule has 1 atom stereocenters. The van der Waals surface area contributed by atoms with Crippen molar-refractivity contribution in [3.05, 3.63) is 0 Å². The fourth-order valence-electron chi connectivity index (χ4n) is 2.42. The highest BCUT2D eigenvalue weighted by Gasteiger charge is 2.36. The van der Waals surface area contributed by atoms with Crippen LogP contribution in [0.3, 0.4) is 0 Å². The van der Waals surface area contributed by atoms with Gasteiger partial charge in [0.15, 0.2) is 0 Å². The Morgan fingerprint density at radius 2 is 2.12 bits per heavy atom. The first-order valence-electron chi connectivity index (χ1n) is 5.64. The Labute approximate surface area is 94.4 Å². The van der Waals surface area contributed by atoms with Crippen molar-refractivity contribution >= 4 is 17.6 Å². The van der Waals surface area contributed by atoms with Crippen LogP contribution in [-0.2, 0) is 14.4 Å².